The zero-order valence-electron chi connectivity index (χ0n) is 21.1. The quantitative estimate of drug-likeness (QED) is 0.290. The Morgan fingerprint density at radius 1 is 0.949 bits per heavy atom. The second-order valence-electron chi connectivity index (χ2n) is 9.53. The van der Waals surface area contributed by atoms with Crippen LogP contribution in [0.3, 0.4) is 0 Å². The maximum atomic E-state index is 13.6. The maximum absolute atomic E-state index is 13.6. The number of amides is 3. The number of rotatable bonds is 7. The molecule has 1 aliphatic rings. The normalized spacial score (nSPS) is 16.1. The number of sulfone groups is 1. The Morgan fingerprint density at radius 2 is 1.44 bits per heavy atom. The van der Waals surface area contributed by atoms with E-state index in [0.29, 0.717) is 11.1 Å². The van der Waals surface area contributed by atoms with Crippen LogP contribution in [0, 0.1) is 0 Å². The Hall–Kier alpha value is -3.26. The van der Waals surface area contributed by atoms with Crippen LogP contribution < -0.4 is 5.48 Å². The second kappa shape index (κ2) is 11.1. The molecule has 0 aliphatic carbocycles. The summed E-state index contributed by atoms with van der Waals surface area (Å²) < 4.78 is 88.7. The van der Waals surface area contributed by atoms with Crippen LogP contribution in [0.5, 0.6) is 0 Å². The number of nitrogens with one attached hydrogen (secondary N) is 1. The van der Waals surface area contributed by atoms with E-state index in [0.717, 1.165) is 0 Å². The minimum absolute atomic E-state index is 0.0248. The van der Waals surface area contributed by atoms with Gasteiger partial charge < -0.3 is 9.80 Å². The molecule has 1 heterocycles. The van der Waals surface area contributed by atoms with Gasteiger partial charge >= 0.3 is 18.1 Å². The van der Waals surface area contributed by atoms with Gasteiger partial charge in [-0.15, -0.1) is 0 Å². The SMILES string of the molecule is CN(C)C(=O)N1CCC(C(=O)NO)(S(=O)(=O)c2ccc(-c3ccc(CCC(F)(F)C(F)(F)F)cc3)cc2)CC1. The highest BCUT2D eigenvalue weighted by molar-refractivity contribution is 7.93. The van der Waals surface area contributed by atoms with E-state index in [9.17, 15) is 45.2 Å². The Morgan fingerprint density at radius 3 is 1.87 bits per heavy atom. The molecule has 39 heavy (non-hydrogen) atoms. The Bertz CT molecular complexity index is 1290. The summed E-state index contributed by atoms with van der Waals surface area (Å²) in [6.45, 7) is -0.0496. The molecule has 0 aromatic heterocycles. The van der Waals surface area contributed by atoms with Crippen LogP contribution in [-0.2, 0) is 21.1 Å². The molecule has 0 unspecified atom stereocenters. The molecule has 3 amide bonds. The number of benzene rings is 2. The standard InChI is InChI=1S/C25H28F5N3O5S/c1-32(2)22(35)33-15-13-23(14-16-33,21(34)31-36)39(37,38)20-9-7-19(8-10-20)18-5-3-17(4-6-18)11-12-24(26,27)25(28,29)30/h3-10,36H,11-16H2,1-2H3,(H,31,34). The summed E-state index contributed by atoms with van der Waals surface area (Å²) in [4.78, 5) is 27.5. The van der Waals surface area contributed by atoms with Crippen molar-refractivity contribution in [2.45, 2.75) is 47.4 Å². The number of carbonyl (C=O) groups excluding carboxylic acids is 2. The van der Waals surface area contributed by atoms with Crippen LogP contribution in [0.4, 0.5) is 26.7 Å². The molecule has 3 rings (SSSR count). The maximum Gasteiger partial charge on any atom is 0.453 e. The topological polar surface area (TPSA) is 107 Å². The van der Waals surface area contributed by atoms with Crippen molar-refractivity contribution in [2.75, 3.05) is 27.2 Å². The Kier molecular flexibility index (Phi) is 8.60. The average molecular weight is 578 g/mol. The number of likely N-dealkylation sites (tertiary alicyclic amines) is 1. The fraction of sp³-hybridized carbons (Fsp3) is 0.440. The van der Waals surface area contributed by atoms with Crippen molar-refractivity contribution < 1.29 is 45.2 Å². The van der Waals surface area contributed by atoms with Crippen molar-refractivity contribution in [3.05, 3.63) is 54.1 Å². The largest absolute Gasteiger partial charge is 0.453 e. The molecule has 2 N–H and O–H groups in total. The summed E-state index contributed by atoms with van der Waals surface area (Å²) >= 11 is 0. The van der Waals surface area contributed by atoms with Crippen molar-refractivity contribution in [3.63, 3.8) is 0 Å². The monoisotopic (exact) mass is 577 g/mol. The van der Waals surface area contributed by atoms with Gasteiger partial charge in [0.2, 0.25) is 0 Å². The number of hydrogen-bond donors (Lipinski definition) is 2. The average Bonchev–Trinajstić information content (AvgIpc) is 2.90. The lowest BCUT2D eigenvalue weighted by molar-refractivity contribution is -0.284. The molecular formula is C25H28F5N3O5S. The highest BCUT2D eigenvalue weighted by atomic mass is 32.2. The molecule has 1 fully saturated rings. The molecule has 14 heteroatoms. The smallest absolute Gasteiger partial charge is 0.331 e. The van der Waals surface area contributed by atoms with E-state index in [-0.39, 0.29) is 42.4 Å². The van der Waals surface area contributed by atoms with Crippen molar-refractivity contribution in [3.8, 4) is 11.1 Å². The van der Waals surface area contributed by atoms with Crippen molar-refractivity contribution in [1.82, 2.24) is 15.3 Å². The number of piperidine rings is 1. The van der Waals surface area contributed by atoms with Gasteiger partial charge in [-0.1, -0.05) is 36.4 Å². The molecule has 214 valence electrons. The zero-order valence-corrected chi connectivity index (χ0v) is 22.0. The summed E-state index contributed by atoms with van der Waals surface area (Å²) in [5.74, 6) is -5.90. The third-order valence-corrected chi connectivity index (χ3v) is 9.36. The van der Waals surface area contributed by atoms with Gasteiger partial charge in [-0.3, -0.25) is 10.0 Å². The molecule has 1 aliphatic heterocycles. The van der Waals surface area contributed by atoms with Crippen molar-refractivity contribution in [2.24, 2.45) is 0 Å². The first-order valence-corrected chi connectivity index (χ1v) is 13.3. The molecule has 2 aromatic carbocycles. The van der Waals surface area contributed by atoms with Gasteiger partial charge in [0, 0.05) is 33.6 Å². The first kappa shape index (κ1) is 30.3. The lowest BCUT2D eigenvalue weighted by Gasteiger charge is -2.40. The fourth-order valence-corrected chi connectivity index (χ4v) is 6.38. The van der Waals surface area contributed by atoms with Crippen molar-refractivity contribution in [1.29, 1.82) is 0 Å². The molecule has 8 nitrogen and oxygen atoms in total. The molecular weight excluding hydrogens is 549 g/mol. The van der Waals surface area contributed by atoms with E-state index in [1.165, 1.54) is 63.8 Å². The van der Waals surface area contributed by atoms with Gasteiger partial charge in [-0.2, -0.15) is 22.0 Å². The third kappa shape index (κ3) is 6.01. The van der Waals surface area contributed by atoms with Crippen LogP contribution in [0.1, 0.15) is 24.8 Å². The minimum atomic E-state index is -5.62. The zero-order chi connectivity index (χ0) is 29.2. The predicted octanol–water partition coefficient (Wildman–Crippen LogP) is 4.28. The van der Waals surface area contributed by atoms with Gasteiger partial charge in [-0.05, 0) is 48.1 Å². The van der Waals surface area contributed by atoms with E-state index < -0.39 is 45.4 Å². The molecule has 0 spiro atoms. The fourth-order valence-electron chi connectivity index (χ4n) is 4.42. The Balaban J connectivity index is 1.79. The van der Waals surface area contributed by atoms with Gasteiger partial charge in [0.15, 0.2) is 14.6 Å². The van der Waals surface area contributed by atoms with E-state index in [2.05, 4.69) is 0 Å². The van der Waals surface area contributed by atoms with Gasteiger partial charge in [0.25, 0.3) is 5.91 Å². The summed E-state index contributed by atoms with van der Waals surface area (Å²) in [6, 6.07) is 11.0. The summed E-state index contributed by atoms with van der Waals surface area (Å²) in [5, 5.41) is 9.31. The molecule has 2 aromatic rings. The number of halogens is 5. The number of carbonyl (C=O) groups is 2. The summed E-state index contributed by atoms with van der Waals surface area (Å²) in [6.07, 6.45) is -7.97. The number of hydroxylamine groups is 1. The highest BCUT2D eigenvalue weighted by Crippen LogP contribution is 2.39. The number of urea groups is 1. The lowest BCUT2D eigenvalue weighted by Crippen LogP contribution is -2.59. The van der Waals surface area contributed by atoms with Gasteiger partial charge in [0.05, 0.1) is 4.90 Å². The number of aryl methyl sites for hydroxylation is 1. The van der Waals surface area contributed by atoms with E-state index in [1.807, 2.05) is 0 Å². The first-order valence-electron chi connectivity index (χ1n) is 11.8. The third-order valence-electron chi connectivity index (χ3n) is 6.85. The van der Waals surface area contributed by atoms with Crippen LogP contribution in [0.25, 0.3) is 11.1 Å². The summed E-state index contributed by atoms with van der Waals surface area (Å²) in [5.41, 5.74) is 2.82. The summed E-state index contributed by atoms with van der Waals surface area (Å²) in [7, 11) is -1.24. The molecule has 0 radical (unpaired) electrons. The molecule has 0 atom stereocenters. The number of nitrogens with zero attached hydrogens (tertiary/aromatic N) is 2. The number of hydrogen-bond acceptors (Lipinski definition) is 5. The minimum Gasteiger partial charge on any atom is -0.331 e. The first-order chi connectivity index (χ1) is 18.1. The highest BCUT2D eigenvalue weighted by Gasteiger charge is 2.56. The van der Waals surface area contributed by atoms with Crippen LogP contribution in [-0.4, -0.2) is 79.4 Å². The predicted molar refractivity (Wildman–Crippen MR) is 131 cm³/mol. The van der Waals surface area contributed by atoms with Crippen molar-refractivity contribution >= 4 is 21.8 Å². The van der Waals surface area contributed by atoms with Gasteiger partial charge in [0.1, 0.15) is 0 Å². The van der Waals surface area contributed by atoms with Crippen LogP contribution >= 0.6 is 0 Å². The number of alkyl halides is 5. The molecule has 0 bridgehead atoms. The van der Waals surface area contributed by atoms with Crippen LogP contribution in [0.2, 0.25) is 0 Å². The van der Waals surface area contributed by atoms with E-state index in [4.69, 9.17) is 0 Å². The molecule has 1 saturated heterocycles. The Labute approximate surface area is 222 Å². The van der Waals surface area contributed by atoms with Crippen LogP contribution in [0.15, 0.2) is 53.4 Å². The van der Waals surface area contributed by atoms with E-state index >= 15 is 0 Å². The van der Waals surface area contributed by atoms with Gasteiger partial charge in [-0.25, -0.2) is 18.7 Å². The molecule has 0 saturated carbocycles. The van der Waals surface area contributed by atoms with E-state index in [1.54, 1.807) is 14.1 Å². The lowest BCUT2D eigenvalue weighted by atomic mass is 9.95. The second-order valence-corrected chi connectivity index (χ2v) is 11.8.